The molecule has 1 N–H and O–H groups in total. The van der Waals surface area contributed by atoms with Crippen LogP contribution in [0.1, 0.15) is 18.1 Å². The van der Waals surface area contributed by atoms with Crippen LogP contribution in [0.4, 0.5) is 13.2 Å². The quantitative estimate of drug-likeness (QED) is 0.647. The number of methoxy groups -OCH3 is 2. The molecular weight excluding hydrogens is 287 g/mol. The van der Waals surface area contributed by atoms with Gasteiger partial charge in [0.15, 0.2) is 0 Å². The number of nitrogens with one attached hydrogen (secondary N) is 1. The van der Waals surface area contributed by atoms with Crippen LogP contribution in [0.5, 0.6) is 0 Å². The van der Waals surface area contributed by atoms with Crippen molar-refractivity contribution in [3.05, 3.63) is 35.4 Å². The molecule has 0 fully saturated rings. The van der Waals surface area contributed by atoms with Gasteiger partial charge in [-0.05, 0) is 24.6 Å². The molecule has 1 unspecified atom stereocenters. The summed E-state index contributed by atoms with van der Waals surface area (Å²) < 4.78 is 47.9. The third kappa shape index (κ3) is 4.18. The van der Waals surface area contributed by atoms with Gasteiger partial charge in [0, 0.05) is 13.7 Å². The van der Waals surface area contributed by atoms with Crippen LogP contribution in [0.25, 0.3) is 0 Å². The van der Waals surface area contributed by atoms with Crippen LogP contribution >= 0.6 is 0 Å². The first-order valence-electron chi connectivity index (χ1n) is 6.26. The normalized spacial score (nSPS) is 14.6. The van der Waals surface area contributed by atoms with Gasteiger partial charge in [0.1, 0.15) is 5.54 Å². The van der Waals surface area contributed by atoms with Crippen LogP contribution in [0, 0.1) is 0 Å². The molecule has 0 aliphatic rings. The van der Waals surface area contributed by atoms with Crippen molar-refractivity contribution in [2.24, 2.45) is 0 Å². The van der Waals surface area contributed by atoms with E-state index < -0.39 is 23.2 Å². The highest BCUT2D eigenvalue weighted by Crippen LogP contribution is 2.32. The minimum absolute atomic E-state index is 0.181. The van der Waals surface area contributed by atoms with Gasteiger partial charge in [-0.15, -0.1) is 0 Å². The van der Waals surface area contributed by atoms with E-state index in [2.05, 4.69) is 5.32 Å². The smallest absolute Gasteiger partial charge is 0.416 e. The number of rotatable bonds is 6. The lowest BCUT2D eigenvalue weighted by Gasteiger charge is -2.29. The number of hydrogen-bond acceptors (Lipinski definition) is 4. The summed E-state index contributed by atoms with van der Waals surface area (Å²) in [4.78, 5) is 12.0. The first-order chi connectivity index (χ1) is 9.75. The lowest BCUT2D eigenvalue weighted by molar-refractivity contribution is -0.148. The summed E-state index contributed by atoms with van der Waals surface area (Å²) in [5.74, 6) is -0.669. The summed E-state index contributed by atoms with van der Waals surface area (Å²) in [6, 6.07) is 4.61. The van der Waals surface area contributed by atoms with Crippen molar-refractivity contribution >= 4 is 5.97 Å². The van der Waals surface area contributed by atoms with Crippen molar-refractivity contribution < 1.29 is 27.4 Å². The highest BCUT2D eigenvalue weighted by molar-refractivity contribution is 5.82. The van der Waals surface area contributed by atoms with E-state index in [9.17, 15) is 18.0 Å². The van der Waals surface area contributed by atoms with Crippen molar-refractivity contribution in [2.45, 2.75) is 18.6 Å². The van der Waals surface area contributed by atoms with Gasteiger partial charge < -0.3 is 9.47 Å². The van der Waals surface area contributed by atoms with Crippen LogP contribution < -0.4 is 5.32 Å². The highest BCUT2D eigenvalue weighted by Gasteiger charge is 2.38. The van der Waals surface area contributed by atoms with E-state index in [0.717, 1.165) is 12.1 Å². The standard InChI is InChI=1S/C14H18F3NO3/c1-13(12(19)21-3,18-7-8-20-2)10-5-4-6-11(9-10)14(15,16)17/h4-6,9,18H,7-8H2,1-3H3. The third-order valence-electron chi connectivity index (χ3n) is 3.15. The van der Waals surface area contributed by atoms with E-state index in [-0.39, 0.29) is 5.56 Å². The van der Waals surface area contributed by atoms with Gasteiger partial charge in [0.05, 0.1) is 19.3 Å². The lowest BCUT2D eigenvalue weighted by Crippen LogP contribution is -2.48. The molecule has 0 spiro atoms. The zero-order chi connectivity index (χ0) is 16.1. The second-order valence-electron chi connectivity index (χ2n) is 4.61. The van der Waals surface area contributed by atoms with E-state index in [1.165, 1.54) is 33.3 Å². The Morgan fingerprint density at radius 1 is 1.24 bits per heavy atom. The molecule has 0 bridgehead atoms. The Morgan fingerprint density at radius 3 is 2.38 bits per heavy atom. The summed E-state index contributed by atoms with van der Waals surface area (Å²) in [5, 5.41) is 2.88. The van der Waals surface area contributed by atoms with Crippen molar-refractivity contribution in [2.75, 3.05) is 27.4 Å². The molecule has 0 aromatic heterocycles. The van der Waals surface area contributed by atoms with Gasteiger partial charge in [-0.25, -0.2) is 4.79 Å². The molecule has 0 saturated heterocycles. The highest BCUT2D eigenvalue weighted by atomic mass is 19.4. The van der Waals surface area contributed by atoms with Gasteiger partial charge in [0.2, 0.25) is 0 Å². The zero-order valence-electron chi connectivity index (χ0n) is 12.1. The Morgan fingerprint density at radius 2 is 1.86 bits per heavy atom. The van der Waals surface area contributed by atoms with Gasteiger partial charge in [-0.2, -0.15) is 13.2 Å². The van der Waals surface area contributed by atoms with E-state index in [0.29, 0.717) is 13.2 Å². The average molecular weight is 305 g/mol. The Bertz CT molecular complexity index is 491. The number of alkyl halides is 3. The average Bonchev–Trinajstić information content (AvgIpc) is 2.45. The number of ether oxygens (including phenoxy) is 2. The molecule has 0 saturated carbocycles. The number of carbonyl (C=O) groups excluding carboxylic acids is 1. The summed E-state index contributed by atoms with van der Waals surface area (Å²) >= 11 is 0. The van der Waals surface area contributed by atoms with Gasteiger partial charge in [0.25, 0.3) is 0 Å². The monoisotopic (exact) mass is 305 g/mol. The molecule has 7 heteroatoms. The first-order valence-corrected chi connectivity index (χ1v) is 6.26. The van der Waals surface area contributed by atoms with Crippen molar-refractivity contribution in [3.63, 3.8) is 0 Å². The van der Waals surface area contributed by atoms with Crippen LogP contribution in [0.3, 0.4) is 0 Å². The van der Waals surface area contributed by atoms with Crippen molar-refractivity contribution in [1.82, 2.24) is 5.32 Å². The summed E-state index contributed by atoms with van der Waals surface area (Å²) in [7, 11) is 2.67. The minimum atomic E-state index is -4.47. The number of halogens is 3. The van der Waals surface area contributed by atoms with Gasteiger partial charge in [-0.3, -0.25) is 5.32 Å². The molecule has 1 rings (SSSR count). The molecule has 21 heavy (non-hydrogen) atoms. The summed E-state index contributed by atoms with van der Waals surface area (Å²) in [6.07, 6.45) is -4.47. The maximum absolute atomic E-state index is 12.8. The molecule has 1 aromatic carbocycles. The van der Waals surface area contributed by atoms with Crippen molar-refractivity contribution in [1.29, 1.82) is 0 Å². The third-order valence-corrected chi connectivity index (χ3v) is 3.15. The molecule has 1 aromatic rings. The van der Waals surface area contributed by atoms with Crippen LogP contribution in [-0.2, 0) is 26.0 Å². The van der Waals surface area contributed by atoms with Crippen LogP contribution in [0.15, 0.2) is 24.3 Å². The SMILES string of the molecule is COCCNC(C)(C(=O)OC)c1cccc(C(F)(F)F)c1. The van der Waals surface area contributed by atoms with Gasteiger partial charge in [-0.1, -0.05) is 12.1 Å². The maximum Gasteiger partial charge on any atom is 0.416 e. The minimum Gasteiger partial charge on any atom is -0.467 e. The second-order valence-corrected chi connectivity index (χ2v) is 4.61. The number of hydrogen-bond donors (Lipinski definition) is 1. The Kier molecular flexibility index (Phi) is 5.74. The second kappa shape index (κ2) is 6.91. The Hall–Kier alpha value is -1.60. The fourth-order valence-corrected chi connectivity index (χ4v) is 1.91. The van der Waals surface area contributed by atoms with Crippen molar-refractivity contribution in [3.8, 4) is 0 Å². The molecular formula is C14H18F3NO3. The molecule has 0 heterocycles. The largest absolute Gasteiger partial charge is 0.467 e. The molecule has 0 aliphatic carbocycles. The predicted octanol–water partition coefficient (Wildman–Crippen LogP) is 2.33. The fraction of sp³-hybridized carbons (Fsp3) is 0.500. The molecule has 0 amide bonds. The van der Waals surface area contributed by atoms with E-state index >= 15 is 0 Å². The zero-order valence-corrected chi connectivity index (χ0v) is 12.1. The molecule has 0 aliphatic heterocycles. The number of esters is 1. The van der Waals surface area contributed by atoms with Gasteiger partial charge >= 0.3 is 12.1 Å². The first kappa shape index (κ1) is 17.5. The van der Waals surface area contributed by atoms with Crippen LogP contribution in [-0.4, -0.2) is 33.3 Å². The lowest BCUT2D eigenvalue weighted by atomic mass is 9.90. The van der Waals surface area contributed by atoms with Crippen LogP contribution in [0.2, 0.25) is 0 Å². The van der Waals surface area contributed by atoms with E-state index in [4.69, 9.17) is 9.47 Å². The Balaban J connectivity index is 3.17. The molecule has 0 radical (unpaired) electrons. The molecule has 1 atom stereocenters. The Labute approximate surface area is 121 Å². The maximum atomic E-state index is 12.8. The predicted molar refractivity (Wildman–Crippen MR) is 70.7 cm³/mol. The fourth-order valence-electron chi connectivity index (χ4n) is 1.91. The number of carbonyl (C=O) groups is 1. The topological polar surface area (TPSA) is 47.6 Å². The summed E-state index contributed by atoms with van der Waals surface area (Å²) in [5.41, 5.74) is -2.02. The molecule has 4 nitrogen and oxygen atoms in total. The van der Waals surface area contributed by atoms with E-state index in [1.54, 1.807) is 0 Å². The molecule has 118 valence electrons. The summed E-state index contributed by atoms with van der Waals surface area (Å²) in [6.45, 7) is 2.08. The van der Waals surface area contributed by atoms with E-state index in [1.807, 2.05) is 0 Å². The number of benzene rings is 1.